The number of nitrogens with one attached hydrogen (secondary N) is 1. The van der Waals surface area contributed by atoms with E-state index in [9.17, 15) is 4.79 Å². The third-order valence-corrected chi connectivity index (χ3v) is 4.24. The summed E-state index contributed by atoms with van der Waals surface area (Å²) in [6, 6.07) is 4.52. The molecule has 0 spiro atoms. The van der Waals surface area contributed by atoms with Gasteiger partial charge in [0.15, 0.2) is 0 Å². The van der Waals surface area contributed by atoms with Gasteiger partial charge in [-0.2, -0.15) is 0 Å². The molecule has 0 aromatic carbocycles. The molecule has 1 aromatic heterocycles. The average molecular weight is 252 g/mol. The van der Waals surface area contributed by atoms with E-state index >= 15 is 0 Å². The Morgan fingerprint density at radius 2 is 2.41 bits per heavy atom. The molecule has 4 heteroatoms. The maximum Gasteiger partial charge on any atom is 0.238 e. The smallest absolute Gasteiger partial charge is 0.238 e. The van der Waals surface area contributed by atoms with E-state index < -0.39 is 0 Å². The molecule has 1 saturated heterocycles. The van der Waals surface area contributed by atoms with Crippen LogP contribution in [-0.4, -0.2) is 23.4 Å². The molecule has 1 aliphatic heterocycles. The van der Waals surface area contributed by atoms with Crippen LogP contribution in [0.4, 0.5) is 0 Å². The summed E-state index contributed by atoms with van der Waals surface area (Å²) in [5.41, 5.74) is 0. The Labute approximate surface area is 107 Å². The molecule has 2 unspecified atom stereocenters. The normalized spacial score (nSPS) is 22.1. The molecule has 2 rings (SSSR count). The molecule has 1 N–H and O–H groups in total. The zero-order chi connectivity index (χ0) is 12.3. The second-order valence-corrected chi connectivity index (χ2v) is 5.43. The van der Waals surface area contributed by atoms with E-state index in [1.807, 2.05) is 6.07 Å². The van der Waals surface area contributed by atoms with E-state index in [2.05, 4.69) is 35.5 Å². The fourth-order valence-electron chi connectivity index (χ4n) is 2.49. The first-order valence-electron chi connectivity index (χ1n) is 6.35. The molecule has 1 aliphatic rings. The predicted molar refractivity (Wildman–Crippen MR) is 70.9 cm³/mol. The summed E-state index contributed by atoms with van der Waals surface area (Å²) in [6.45, 7) is 4.82. The lowest BCUT2D eigenvalue weighted by Crippen LogP contribution is -2.39. The van der Waals surface area contributed by atoms with Crippen LogP contribution in [0.5, 0.6) is 0 Å². The second kappa shape index (κ2) is 5.65. The third kappa shape index (κ3) is 2.53. The van der Waals surface area contributed by atoms with Crippen LogP contribution in [0, 0.1) is 0 Å². The number of carbonyl (C=O) groups excluding carboxylic acids is 1. The molecular weight excluding hydrogens is 232 g/mol. The summed E-state index contributed by atoms with van der Waals surface area (Å²) in [6.07, 6.45) is 3.34. The molecule has 1 amide bonds. The summed E-state index contributed by atoms with van der Waals surface area (Å²) >= 11 is 1.72. The van der Waals surface area contributed by atoms with Gasteiger partial charge in [-0.15, -0.1) is 11.3 Å². The Bertz CT molecular complexity index is 364. The van der Waals surface area contributed by atoms with E-state index in [4.69, 9.17) is 0 Å². The Hall–Kier alpha value is -0.870. The van der Waals surface area contributed by atoms with Crippen molar-refractivity contribution in [3.05, 3.63) is 22.4 Å². The Morgan fingerprint density at radius 3 is 3.00 bits per heavy atom. The Balaban J connectivity index is 2.18. The number of amides is 1. The Morgan fingerprint density at radius 1 is 1.59 bits per heavy atom. The number of rotatable bonds is 5. The zero-order valence-electron chi connectivity index (χ0n) is 10.5. The zero-order valence-corrected chi connectivity index (χ0v) is 11.3. The Kier molecular flexibility index (Phi) is 4.18. The van der Waals surface area contributed by atoms with Gasteiger partial charge in [0.25, 0.3) is 0 Å². The van der Waals surface area contributed by atoms with E-state index in [0.29, 0.717) is 12.6 Å². The van der Waals surface area contributed by atoms with E-state index in [1.165, 1.54) is 4.88 Å². The minimum atomic E-state index is 0.0963. The molecule has 1 fully saturated rings. The molecule has 1 aromatic rings. The van der Waals surface area contributed by atoms with Gasteiger partial charge in [0.05, 0.1) is 6.54 Å². The van der Waals surface area contributed by atoms with E-state index in [0.717, 1.165) is 19.3 Å². The van der Waals surface area contributed by atoms with Crippen molar-refractivity contribution < 1.29 is 4.79 Å². The van der Waals surface area contributed by atoms with Crippen LogP contribution >= 0.6 is 11.3 Å². The van der Waals surface area contributed by atoms with Crippen molar-refractivity contribution in [1.82, 2.24) is 10.2 Å². The highest BCUT2D eigenvalue weighted by Gasteiger charge is 2.35. The van der Waals surface area contributed by atoms with Gasteiger partial charge in [-0.1, -0.05) is 26.3 Å². The van der Waals surface area contributed by atoms with Gasteiger partial charge in [0.1, 0.15) is 6.17 Å². The van der Waals surface area contributed by atoms with Crippen LogP contribution in [-0.2, 0) is 4.79 Å². The SMILES string of the molecule is CCCC(CC)N1C(=O)CNC1c1cccs1. The van der Waals surface area contributed by atoms with Gasteiger partial charge in [-0.25, -0.2) is 0 Å². The van der Waals surface area contributed by atoms with Crippen molar-refractivity contribution in [2.75, 3.05) is 6.54 Å². The minimum absolute atomic E-state index is 0.0963. The van der Waals surface area contributed by atoms with E-state index in [1.54, 1.807) is 11.3 Å². The van der Waals surface area contributed by atoms with Gasteiger partial charge in [0, 0.05) is 10.9 Å². The van der Waals surface area contributed by atoms with Gasteiger partial charge >= 0.3 is 0 Å². The second-order valence-electron chi connectivity index (χ2n) is 4.45. The maximum absolute atomic E-state index is 12.0. The summed E-state index contributed by atoms with van der Waals surface area (Å²) in [5.74, 6) is 0.240. The standard InChI is InChI=1S/C13H20N2OS/c1-3-6-10(4-2)15-12(16)9-14-13(15)11-7-5-8-17-11/h5,7-8,10,13-14H,3-4,6,9H2,1-2H3. The monoisotopic (exact) mass is 252 g/mol. The lowest BCUT2D eigenvalue weighted by atomic mass is 10.1. The highest BCUT2D eigenvalue weighted by molar-refractivity contribution is 7.10. The van der Waals surface area contributed by atoms with Crippen LogP contribution in [0.15, 0.2) is 17.5 Å². The van der Waals surface area contributed by atoms with Gasteiger partial charge in [-0.05, 0) is 24.3 Å². The van der Waals surface area contributed by atoms with Crippen LogP contribution in [0.1, 0.15) is 44.2 Å². The third-order valence-electron chi connectivity index (χ3n) is 3.31. The quantitative estimate of drug-likeness (QED) is 0.874. The summed E-state index contributed by atoms with van der Waals surface area (Å²) in [7, 11) is 0. The summed E-state index contributed by atoms with van der Waals surface area (Å²) < 4.78 is 0. The lowest BCUT2D eigenvalue weighted by Gasteiger charge is -2.31. The molecule has 0 saturated carbocycles. The maximum atomic E-state index is 12.0. The van der Waals surface area contributed by atoms with Crippen LogP contribution in [0.2, 0.25) is 0 Å². The molecule has 2 heterocycles. The summed E-state index contributed by atoms with van der Waals surface area (Å²) in [5, 5.41) is 5.39. The fraction of sp³-hybridized carbons (Fsp3) is 0.615. The minimum Gasteiger partial charge on any atom is -0.318 e. The molecule has 0 bridgehead atoms. The number of thiophene rings is 1. The molecule has 0 radical (unpaired) electrons. The molecule has 17 heavy (non-hydrogen) atoms. The van der Waals surface area contributed by atoms with Crippen molar-refractivity contribution in [1.29, 1.82) is 0 Å². The number of hydrogen-bond donors (Lipinski definition) is 1. The van der Waals surface area contributed by atoms with Crippen molar-refractivity contribution >= 4 is 17.2 Å². The highest BCUT2D eigenvalue weighted by atomic mass is 32.1. The molecular formula is C13H20N2OS. The van der Waals surface area contributed by atoms with Crippen molar-refractivity contribution in [2.45, 2.75) is 45.3 Å². The first kappa shape index (κ1) is 12.6. The topological polar surface area (TPSA) is 32.3 Å². The van der Waals surface area contributed by atoms with Gasteiger partial charge in [0.2, 0.25) is 5.91 Å². The molecule has 3 nitrogen and oxygen atoms in total. The van der Waals surface area contributed by atoms with Gasteiger partial charge < -0.3 is 4.90 Å². The van der Waals surface area contributed by atoms with E-state index in [-0.39, 0.29) is 12.1 Å². The van der Waals surface area contributed by atoms with Gasteiger partial charge in [-0.3, -0.25) is 10.1 Å². The first-order valence-corrected chi connectivity index (χ1v) is 7.23. The highest BCUT2D eigenvalue weighted by Crippen LogP contribution is 2.30. The lowest BCUT2D eigenvalue weighted by molar-refractivity contribution is -0.130. The molecule has 94 valence electrons. The number of hydrogen-bond acceptors (Lipinski definition) is 3. The summed E-state index contributed by atoms with van der Waals surface area (Å²) in [4.78, 5) is 15.3. The van der Waals surface area contributed by atoms with Crippen molar-refractivity contribution in [3.8, 4) is 0 Å². The van der Waals surface area contributed by atoms with Crippen molar-refractivity contribution in [3.63, 3.8) is 0 Å². The number of carbonyl (C=O) groups is 1. The van der Waals surface area contributed by atoms with Crippen LogP contribution < -0.4 is 5.32 Å². The fourth-order valence-corrected chi connectivity index (χ4v) is 3.29. The predicted octanol–water partition coefficient (Wildman–Crippen LogP) is 2.76. The molecule has 2 atom stereocenters. The average Bonchev–Trinajstić information content (AvgIpc) is 2.95. The number of nitrogens with zero attached hydrogens (tertiary/aromatic N) is 1. The first-order chi connectivity index (χ1) is 8.27. The van der Waals surface area contributed by atoms with Crippen molar-refractivity contribution in [2.24, 2.45) is 0 Å². The molecule has 0 aliphatic carbocycles. The van der Waals surface area contributed by atoms with Crippen LogP contribution in [0.3, 0.4) is 0 Å². The largest absolute Gasteiger partial charge is 0.318 e. The van der Waals surface area contributed by atoms with Crippen LogP contribution in [0.25, 0.3) is 0 Å².